The summed E-state index contributed by atoms with van der Waals surface area (Å²) in [6.07, 6.45) is 1.30. The van der Waals surface area contributed by atoms with Gasteiger partial charge < -0.3 is 14.7 Å². The molecule has 134 valence electrons. The number of nitrogens with zero attached hydrogens (tertiary/aromatic N) is 1. The van der Waals surface area contributed by atoms with Gasteiger partial charge in [0, 0.05) is 0 Å². The highest BCUT2D eigenvalue weighted by Gasteiger charge is 2.34. The number of ether oxygens (including phenoxy) is 1. The van der Waals surface area contributed by atoms with Crippen LogP contribution in [0.5, 0.6) is 5.75 Å². The molecule has 0 heterocycles. The summed E-state index contributed by atoms with van der Waals surface area (Å²) in [5.41, 5.74) is -0.365. The van der Waals surface area contributed by atoms with Gasteiger partial charge in [-0.05, 0) is 48.2 Å². The second-order valence-corrected chi connectivity index (χ2v) is 6.08. The fourth-order valence-electron chi connectivity index (χ4n) is 2.79. The molecular formula is C18H21NO6. The van der Waals surface area contributed by atoms with Crippen LogP contribution in [0.4, 0.5) is 0 Å². The summed E-state index contributed by atoms with van der Waals surface area (Å²) in [4.78, 5) is 26.3. The molecule has 2 rings (SSSR count). The lowest BCUT2D eigenvalue weighted by Crippen LogP contribution is -2.32. The molecule has 0 bridgehead atoms. The Hall–Kier alpha value is -2.83. The SMILES string of the molecule is COc1ccc2cc(C(C)(CCCCO[N+](=O)[O-])C(=O)O)ccc2c1. The Morgan fingerprint density at radius 2 is 1.88 bits per heavy atom. The Labute approximate surface area is 145 Å². The summed E-state index contributed by atoms with van der Waals surface area (Å²) in [5, 5.41) is 20.9. The third-order valence-electron chi connectivity index (χ3n) is 4.42. The molecule has 2 aromatic rings. The van der Waals surface area contributed by atoms with Crippen molar-refractivity contribution < 1.29 is 24.6 Å². The molecule has 0 aliphatic carbocycles. The molecule has 0 saturated carbocycles. The zero-order valence-electron chi connectivity index (χ0n) is 14.2. The molecule has 25 heavy (non-hydrogen) atoms. The summed E-state index contributed by atoms with van der Waals surface area (Å²) in [6, 6.07) is 11.2. The Kier molecular flexibility index (Phi) is 5.80. The predicted molar refractivity (Wildman–Crippen MR) is 92.3 cm³/mol. The molecule has 1 unspecified atom stereocenters. The van der Waals surface area contributed by atoms with Crippen molar-refractivity contribution in [2.75, 3.05) is 13.7 Å². The monoisotopic (exact) mass is 347 g/mol. The molecule has 0 saturated heterocycles. The predicted octanol–water partition coefficient (Wildman–Crippen LogP) is 3.57. The van der Waals surface area contributed by atoms with Gasteiger partial charge in [-0.1, -0.05) is 30.7 Å². The van der Waals surface area contributed by atoms with Crippen molar-refractivity contribution in [3.8, 4) is 5.75 Å². The lowest BCUT2D eigenvalue weighted by Gasteiger charge is -2.26. The van der Waals surface area contributed by atoms with Crippen LogP contribution in [0.15, 0.2) is 36.4 Å². The minimum atomic E-state index is -1.07. The molecule has 0 fully saturated rings. The number of benzene rings is 2. The highest BCUT2D eigenvalue weighted by molar-refractivity contribution is 5.88. The minimum Gasteiger partial charge on any atom is -0.497 e. The lowest BCUT2D eigenvalue weighted by atomic mass is 9.77. The van der Waals surface area contributed by atoms with Crippen molar-refractivity contribution in [1.29, 1.82) is 0 Å². The first-order chi connectivity index (χ1) is 11.9. The van der Waals surface area contributed by atoms with Crippen LogP contribution in [0, 0.1) is 10.1 Å². The van der Waals surface area contributed by atoms with Gasteiger partial charge in [0.2, 0.25) is 0 Å². The van der Waals surface area contributed by atoms with E-state index >= 15 is 0 Å². The smallest absolute Gasteiger partial charge is 0.313 e. The molecular weight excluding hydrogens is 326 g/mol. The maximum Gasteiger partial charge on any atom is 0.313 e. The number of carboxylic acids is 1. The van der Waals surface area contributed by atoms with Crippen LogP contribution < -0.4 is 4.74 Å². The zero-order chi connectivity index (χ0) is 18.4. The van der Waals surface area contributed by atoms with Crippen molar-refractivity contribution in [2.24, 2.45) is 0 Å². The third-order valence-corrected chi connectivity index (χ3v) is 4.42. The van der Waals surface area contributed by atoms with Crippen LogP contribution in [0.1, 0.15) is 31.7 Å². The summed E-state index contributed by atoms with van der Waals surface area (Å²) in [6.45, 7) is 1.65. The van der Waals surface area contributed by atoms with Gasteiger partial charge in [0.25, 0.3) is 5.09 Å². The number of fused-ring (bicyclic) bond motifs is 1. The number of methoxy groups -OCH3 is 1. The Morgan fingerprint density at radius 3 is 2.52 bits per heavy atom. The number of hydrogen-bond acceptors (Lipinski definition) is 5. The first-order valence-corrected chi connectivity index (χ1v) is 7.96. The summed E-state index contributed by atoms with van der Waals surface area (Å²) in [5.74, 6) is -0.178. The second kappa shape index (κ2) is 7.83. The normalized spacial score (nSPS) is 13.2. The van der Waals surface area contributed by atoms with Gasteiger partial charge in [-0.25, -0.2) is 0 Å². The van der Waals surface area contributed by atoms with Gasteiger partial charge in [-0.2, -0.15) is 0 Å². The largest absolute Gasteiger partial charge is 0.497 e. The van der Waals surface area contributed by atoms with E-state index in [4.69, 9.17) is 4.74 Å². The maximum atomic E-state index is 11.9. The molecule has 2 aromatic carbocycles. The molecule has 0 aromatic heterocycles. The molecule has 0 aliphatic rings. The highest BCUT2D eigenvalue weighted by atomic mass is 16.9. The first-order valence-electron chi connectivity index (χ1n) is 7.96. The molecule has 7 heteroatoms. The molecule has 0 aliphatic heterocycles. The van der Waals surface area contributed by atoms with E-state index in [1.165, 1.54) is 0 Å². The summed E-state index contributed by atoms with van der Waals surface area (Å²) >= 11 is 0. The van der Waals surface area contributed by atoms with E-state index < -0.39 is 16.5 Å². The van der Waals surface area contributed by atoms with Gasteiger partial charge in [-0.3, -0.25) is 4.79 Å². The van der Waals surface area contributed by atoms with Crippen molar-refractivity contribution >= 4 is 16.7 Å². The van der Waals surface area contributed by atoms with Crippen LogP contribution in [0.2, 0.25) is 0 Å². The summed E-state index contributed by atoms with van der Waals surface area (Å²) < 4.78 is 5.20. The quantitative estimate of drug-likeness (QED) is 0.423. The van der Waals surface area contributed by atoms with E-state index in [-0.39, 0.29) is 6.61 Å². The maximum absolute atomic E-state index is 11.9. The van der Waals surface area contributed by atoms with Crippen LogP contribution in [0.3, 0.4) is 0 Å². The molecule has 0 amide bonds. The van der Waals surface area contributed by atoms with Crippen molar-refractivity contribution in [3.63, 3.8) is 0 Å². The zero-order valence-corrected chi connectivity index (χ0v) is 14.2. The average molecular weight is 347 g/mol. The number of rotatable bonds is 9. The molecule has 7 nitrogen and oxygen atoms in total. The molecule has 1 atom stereocenters. The van der Waals surface area contributed by atoms with Crippen molar-refractivity contribution in [3.05, 3.63) is 52.1 Å². The van der Waals surface area contributed by atoms with E-state index in [0.29, 0.717) is 24.8 Å². The Balaban J connectivity index is 2.19. The van der Waals surface area contributed by atoms with E-state index in [2.05, 4.69) is 4.84 Å². The third kappa shape index (κ3) is 4.37. The topological polar surface area (TPSA) is 98.9 Å². The number of carboxylic acid groups (broad SMARTS) is 1. The fourth-order valence-corrected chi connectivity index (χ4v) is 2.79. The number of unbranched alkanes of at least 4 members (excludes halogenated alkanes) is 1. The fraction of sp³-hybridized carbons (Fsp3) is 0.389. The van der Waals surface area contributed by atoms with Gasteiger partial charge in [0.15, 0.2) is 0 Å². The Bertz CT molecular complexity index is 775. The molecule has 0 radical (unpaired) electrons. The van der Waals surface area contributed by atoms with Gasteiger partial charge in [-0.15, -0.1) is 10.1 Å². The molecule has 1 N–H and O–H groups in total. The van der Waals surface area contributed by atoms with Crippen molar-refractivity contribution in [1.82, 2.24) is 0 Å². The van der Waals surface area contributed by atoms with Crippen LogP contribution in [-0.4, -0.2) is 29.9 Å². The van der Waals surface area contributed by atoms with E-state index in [0.717, 1.165) is 16.5 Å². The van der Waals surface area contributed by atoms with E-state index in [1.54, 1.807) is 14.0 Å². The van der Waals surface area contributed by atoms with E-state index in [1.807, 2.05) is 36.4 Å². The average Bonchev–Trinajstić information content (AvgIpc) is 2.59. The van der Waals surface area contributed by atoms with Crippen LogP contribution in [0.25, 0.3) is 10.8 Å². The van der Waals surface area contributed by atoms with Gasteiger partial charge in [0.1, 0.15) is 5.75 Å². The highest BCUT2D eigenvalue weighted by Crippen LogP contribution is 2.33. The lowest BCUT2D eigenvalue weighted by molar-refractivity contribution is -0.757. The van der Waals surface area contributed by atoms with Crippen LogP contribution >= 0.6 is 0 Å². The minimum absolute atomic E-state index is 0.0276. The molecule has 0 spiro atoms. The second-order valence-electron chi connectivity index (χ2n) is 6.08. The summed E-state index contributed by atoms with van der Waals surface area (Å²) in [7, 11) is 1.60. The van der Waals surface area contributed by atoms with Crippen molar-refractivity contribution in [2.45, 2.75) is 31.6 Å². The number of carbonyl (C=O) groups is 1. The van der Waals surface area contributed by atoms with E-state index in [9.17, 15) is 20.0 Å². The Morgan fingerprint density at radius 1 is 1.20 bits per heavy atom. The first kappa shape index (κ1) is 18.5. The standard InChI is InChI=1S/C18H21NO6/c1-18(17(20)21,9-3-4-10-25-19(22)23)15-7-5-14-12-16(24-2)8-6-13(14)11-15/h5-8,11-12H,3-4,9-10H2,1-2H3,(H,20,21). The number of hydrogen-bond donors (Lipinski definition) is 1. The van der Waals surface area contributed by atoms with Gasteiger partial charge >= 0.3 is 5.97 Å². The number of aliphatic carboxylic acids is 1. The van der Waals surface area contributed by atoms with Crippen LogP contribution in [-0.2, 0) is 15.0 Å². The van der Waals surface area contributed by atoms with Gasteiger partial charge in [0.05, 0.1) is 19.1 Å².